The number of Topliss-reactive ketones (excluding diaryl/α,β-unsaturated/α-hetero) is 1. The van der Waals surface area contributed by atoms with Crippen molar-refractivity contribution in [1.82, 2.24) is 0 Å². The average molecular weight is 328 g/mol. The highest BCUT2D eigenvalue weighted by Gasteiger charge is 2.60. The standard InChI is InChI=1S/C22H32O2/c1-4-5-14-12-16-17-6-7-20(24)22(17,3)11-9-18(16)21(2)10-8-15(23)13-19(14)21/h13-14,16-18H,4-12H2,1-3H3/t14-,16+,17+,18+,21-,22+/m1/s1. The summed E-state index contributed by atoms with van der Waals surface area (Å²) in [6.07, 6.45) is 11.6. The number of rotatable bonds is 2. The van der Waals surface area contributed by atoms with E-state index in [2.05, 4.69) is 20.8 Å². The summed E-state index contributed by atoms with van der Waals surface area (Å²) in [7, 11) is 0. The maximum absolute atomic E-state index is 12.6. The molecule has 2 nitrogen and oxygen atoms in total. The number of hydrogen-bond donors (Lipinski definition) is 0. The minimum Gasteiger partial charge on any atom is -0.299 e. The van der Waals surface area contributed by atoms with Crippen LogP contribution in [0.25, 0.3) is 0 Å². The highest BCUT2D eigenvalue weighted by atomic mass is 16.1. The topological polar surface area (TPSA) is 34.1 Å². The van der Waals surface area contributed by atoms with Gasteiger partial charge in [-0.25, -0.2) is 0 Å². The van der Waals surface area contributed by atoms with Crippen LogP contribution in [0, 0.1) is 34.5 Å². The van der Waals surface area contributed by atoms with E-state index in [1.807, 2.05) is 6.08 Å². The fourth-order valence-electron chi connectivity index (χ4n) is 7.18. The van der Waals surface area contributed by atoms with Gasteiger partial charge in [0.25, 0.3) is 0 Å². The Hall–Kier alpha value is -0.920. The normalized spacial score (nSPS) is 47.7. The first-order valence-corrected chi connectivity index (χ1v) is 10.2. The van der Waals surface area contributed by atoms with Gasteiger partial charge in [-0.3, -0.25) is 9.59 Å². The first kappa shape index (κ1) is 16.5. The summed E-state index contributed by atoms with van der Waals surface area (Å²) in [5, 5.41) is 0. The van der Waals surface area contributed by atoms with E-state index in [1.165, 1.54) is 31.3 Å². The third kappa shape index (κ3) is 2.14. The smallest absolute Gasteiger partial charge is 0.155 e. The molecule has 0 aliphatic heterocycles. The lowest BCUT2D eigenvalue weighted by atomic mass is 9.45. The summed E-state index contributed by atoms with van der Waals surface area (Å²) in [4.78, 5) is 24.7. The van der Waals surface area contributed by atoms with Gasteiger partial charge in [0, 0.05) is 18.3 Å². The fourth-order valence-corrected chi connectivity index (χ4v) is 7.18. The molecular formula is C22H32O2. The number of ketones is 2. The Bertz CT molecular complexity index is 603. The highest BCUT2D eigenvalue weighted by Crippen LogP contribution is 2.65. The van der Waals surface area contributed by atoms with Crippen LogP contribution in [-0.4, -0.2) is 11.6 Å². The van der Waals surface area contributed by atoms with Crippen molar-refractivity contribution in [3.05, 3.63) is 11.6 Å². The number of allylic oxidation sites excluding steroid dienone is 1. The fraction of sp³-hybridized carbons (Fsp3) is 0.818. The van der Waals surface area contributed by atoms with Crippen LogP contribution in [0.5, 0.6) is 0 Å². The summed E-state index contributed by atoms with van der Waals surface area (Å²) in [5.41, 5.74) is 1.65. The van der Waals surface area contributed by atoms with Crippen LogP contribution in [-0.2, 0) is 9.59 Å². The second kappa shape index (κ2) is 5.54. The van der Waals surface area contributed by atoms with Crippen molar-refractivity contribution in [2.45, 2.75) is 78.6 Å². The molecule has 0 unspecified atom stereocenters. The molecule has 4 aliphatic rings. The maximum atomic E-state index is 12.6. The second-order valence-electron chi connectivity index (χ2n) is 9.50. The largest absolute Gasteiger partial charge is 0.299 e. The number of fused-ring (bicyclic) bond motifs is 5. The zero-order valence-corrected chi connectivity index (χ0v) is 15.6. The van der Waals surface area contributed by atoms with E-state index in [-0.39, 0.29) is 10.8 Å². The Balaban J connectivity index is 1.74. The molecule has 6 atom stereocenters. The van der Waals surface area contributed by atoms with Crippen molar-refractivity contribution in [2.24, 2.45) is 34.5 Å². The predicted molar refractivity (Wildman–Crippen MR) is 95.5 cm³/mol. The lowest BCUT2D eigenvalue weighted by Gasteiger charge is -2.59. The monoisotopic (exact) mass is 328 g/mol. The zero-order valence-electron chi connectivity index (χ0n) is 15.6. The second-order valence-corrected chi connectivity index (χ2v) is 9.50. The molecule has 0 spiro atoms. The van der Waals surface area contributed by atoms with Gasteiger partial charge in [-0.05, 0) is 73.7 Å². The van der Waals surface area contributed by atoms with Crippen LogP contribution in [0.4, 0.5) is 0 Å². The quantitative estimate of drug-likeness (QED) is 0.705. The molecule has 2 heteroatoms. The van der Waals surface area contributed by atoms with Gasteiger partial charge in [0.15, 0.2) is 5.78 Å². The lowest BCUT2D eigenvalue weighted by molar-refractivity contribution is -0.133. The number of carbonyl (C=O) groups is 2. The molecular weight excluding hydrogens is 296 g/mol. The molecule has 0 aromatic carbocycles. The maximum Gasteiger partial charge on any atom is 0.155 e. The average Bonchev–Trinajstić information content (AvgIpc) is 2.85. The molecule has 0 aromatic heterocycles. The van der Waals surface area contributed by atoms with Crippen molar-refractivity contribution in [2.75, 3.05) is 0 Å². The van der Waals surface area contributed by atoms with Gasteiger partial charge in [0.2, 0.25) is 0 Å². The third-order valence-corrected chi connectivity index (χ3v) is 8.46. The SMILES string of the molecule is CCC[C@@H]1C[C@@H]2[C@H](CC[C@]3(C)C(=O)CC[C@@H]23)[C@@]2(C)CCC(=O)C=C12. The molecule has 0 amide bonds. The molecule has 0 bridgehead atoms. The Morgan fingerprint density at radius 3 is 2.54 bits per heavy atom. The molecule has 0 aromatic rings. The van der Waals surface area contributed by atoms with Gasteiger partial charge in [-0.15, -0.1) is 0 Å². The van der Waals surface area contributed by atoms with Crippen LogP contribution in [0.1, 0.15) is 78.6 Å². The van der Waals surface area contributed by atoms with E-state index < -0.39 is 0 Å². The van der Waals surface area contributed by atoms with Gasteiger partial charge >= 0.3 is 0 Å². The van der Waals surface area contributed by atoms with E-state index in [4.69, 9.17) is 0 Å². The third-order valence-electron chi connectivity index (χ3n) is 8.46. The van der Waals surface area contributed by atoms with Crippen LogP contribution >= 0.6 is 0 Å². The number of hydrogen-bond acceptors (Lipinski definition) is 2. The van der Waals surface area contributed by atoms with E-state index in [9.17, 15) is 9.59 Å². The number of carbonyl (C=O) groups excluding carboxylic acids is 2. The van der Waals surface area contributed by atoms with Gasteiger partial charge in [0.05, 0.1) is 0 Å². The molecule has 0 N–H and O–H groups in total. The minimum atomic E-state index is -0.0417. The molecule has 4 rings (SSSR count). The molecule has 3 saturated carbocycles. The molecule has 0 radical (unpaired) electrons. The van der Waals surface area contributed by atoms with Crippen LogP contribution < -0.4 is 0 Å². The minimum absolute atomic E-state index is 0.0417. The van der Waals surface area contributed by atoms with Crippen molar-refractivity contribution in [3.63, 3.8) is 0 Å². The summed E-state index contributed by atoms with van der Waals surface area (Å²) in [6, 6.07) is 0. The molecule has 132 valence electrons. The van der Waals surface area contributed by atoms with E-state index in [0.29, 0.717) is 35.2 Å². The van der Waals surface area contributed by atoms with Crippen LogP contribution in [0.15, 0.2) is 11.6 Å². The zero-order chi connectivity index (χ0) is 17.1. The first-order valence-electron chi connectivity index (χ1n) is 10.2. The highest BCUT2D eigenvalue weighted by molar-refractivity contribution is 5.92. The Labute approximate surface area is 146 Å². The van der Waals surface area contributed by atoms with Crippen molar-refractivity contribution >= 4 is 11.6 Å². The van der Waals surface area contributed by atoms with Crippen LogP contribution in [0.2, 0.25) is 0 Å². The summed E-state index contributed by atoms with van der Waals surface area (Å²) >= 11 is 0. The van der Waals surface area contributed by atoms with Crippen molar-refractivity contribution in [3.8, 4) is 0 Å². The molecule has 0 saturated heterocycles. The molecule has 3 fully saturated rings. The molecule has 24 heavy (non-hydrogen) atoms. The summed E-state index contributed by atoms with van der Waals surface area (Å²) in [6.45, 7) is 6.97. The first-order chi connectivity index (χ1) is 11.4. The van der Waals surface area contributed by atoms with Crippen molar-refractivity contribution < 1.29 is 9.59 Å². The molecule has 4 aliphatic carbocycles. The predicted octanol–water partition coefficient (Wildman–Crippen LogP) is 5.11. The van der Waals surface area contributed by atoms with E-state index in [1.54, 1.807) is 0 Å². The Morgan fingerprint density at radius 1 is 1.04 bits per heavy atom. The summed E-state index contributed by atoms with van der Waals surface area (Å²) < 4.78 is 0. The molecule has 0 heterocycles. The van der Waals surface area contributed by atoms with E-state index in [0.717, 1.165) is 32.1 Å². The Morgan fingerprint density at radius 2 is 1.79 bits per heavy atom. The van der Waals surface area contributed by atoms with Gasteiger partial charge in [-0.1, -0.05) is 32.8 Å². The van der Waals surface area contributed by atoms with Crippen LogP contribution in [0.3, 0.4) is 0 Å². The van der Waals surface area contributed by atoms with Gasteiger partial charge in [-0.2, -0.15) is 0 Å². The summed E-state index contributed by atoms with van der Waals surface area (Å²) in [5.74, 6) is 3.43. The lowest BCUT2D eigenvalue weighted by Crippen LogP contribution is -2.52. The van der Waals surface area contributed by atoms with Gasteiger partial charge < -0.3 is 0 Å². The van der Waals surface area contributed by atoms with Gasteiger partial charge in [0.1, 0.15) is 5.78 Å². The van der Waals surface area contributed by atoms with E-state index >= 15 is 0 Å². The Kier molecular flexibility index (Phi) is 3.82. The van der Waals surface area contributed by atoms with Crippen molar-refractivity contribution in [1.29, 1.82) is 0 Å².